The quantitative estimate of drug-likeness (QED) is 0.405. The predicted molar refractivity (Wildman–Crippen MR) is 115 cm³/mol. The third-order valence-electron chi connectivity index (χ3n) is 4.72. The molecule has 3 heterocycles. The number of hydrogen-bond acceptors (Lipinski definition) is 7. The minimum absolute atomic E-state index is 0.0554. The van der Waals surface area contributed by atoms with Gasteiger partial charge in [0.1, 0.15) is 11.5 Å². The van der Waals surface area contributed by atoms with Crippen molar-refractivity contribution < 1.29 is 14.0 Å². The summed E-state index contributed by atoms with van der Waals surface area (Å²) >= 11 is 2.66. The number of aromatic nitrogens is 3. The van der Waals surface area contributed by atoms with Gasteiger partial charge in [0.15, 0.2) is 10.1 Å². The van der Waals surface area contributed by atoms with E-state index in [9.17, 15) is 14.0 Å². The zero-order valence-corrected chi connectivity index (χ0v) is 17.7. The number of halogens is 1. The first-order chi connectivity index (χ1) is 14.6. The fourth-order valence-electron chi connectivity index (χ4n) is 3.10. The van der Waals surface area contributed by atoms with Gasteiger partial charge in [-0.1, -0.05) is 35.2 Å². The van der Waals surface area contributed by atoms with Crippen molar-refractivity contribution in [2.24, 2.45) is 0 Å². The maximum atomic E-state index is 12.9. The first kappa shape index (κ1) is 20.5. The van der Waals surface area contributed by atoms with Gasteiger partial charge < -0.3 is 15.2 Å². The van der Waals surface area contributed by atoms with Gasteiger partial charge >= 0.3 is 0 Å². The molecule has 10 heteroatoms. The summed E-state index contributed by atoms with van der Waals surface area (Å²) < 4.78 is 13.6. The number of aromatic amines is 1. The molecule has 1 aromatic carbocycles. The molecule has 0 atom stereocenters. The van der Waals surface area contributed by atoms with Crippen LogP contribution < -0.4 is 5.32 Å². The lowest BCUT2D eigenvalue weighted by molar-refractivity contribution is 0.0787. The Morgan fingerprint density at radius 1 is 1.20 bits per heavy atom. The van der Waals surface area contributed by atoms with E-state index in [0.717, 1.165) is 31.5 Å². The van der Waals surface area contributed by atoms with Gasteiger partial charge in [0.05, 0.1) is 5.75 Å². The van der Waals surface area contributed by atoms with Crippen molar-refractivity contribution >= 4 is 39.9 Å². The van der Waals surface area contributed by atoms with Crippen molar-refractivity contribution in [3.05, 3.63) is 59.2 Å². The number of carbonyl (C=O) groups is 2. The first-order valence-electron chi connectivity index (χ1n) is 9.54. The van der Waals surface area contributed by atoms with Crippen LogP contribution >= 0.6 is 23.1 Å². The number of nitrogens with one attached hydrogen (secondary N) is 2. The summed E-state index contributed by atoms with van der Waals surface area (Å²) in [5, 5.41) is 11.9. The Hall–Kier alpha value is -2.72. The average molecular weight is 446 g/mol. The summed E-state index contributed by atoms with van der Waals surface area (Å²) in [6.07, 6.45) is 3.64. The van der Waals surface area contributed by atoms with E-state index < -0.39 is 0 Å². The molecule has 1 saturated heterocycles. The molecule has 2 aromatic heterocycles. The number of Topliss-reactive ketones (excluding diaryl/α,β-unsaturated/α-hetero) is 1. The Kier molecular flexibility index (Phi) is 6.44. The van der Waals surface area contributed by atoms with Crippen LogP contribution in [0.4, 0.5) is 9.52 Å². The lowest BCUT2D eigenvalue weighted by atomic mass is 10.2. The molecule has 1 aliphatic heterocycles. The van der Waals surface area contributed by atoms with Crippen LogP contribution in [0.3, 0.4) is 0 Å². The molecule has 0 bridgehead atoms. The molecule has 7 nitrogen and oxygen atoms in total. The minimum Gasteiger partial charge on any atom is -0.356 e. The molecule has 30 heavy (non-hydrogen) atoms. The van der Waals surface area contributed by atoms with Gasteiger partial charge in [-0.3, -0.25) is 9.59 Å². The van der Waals surface area contributed by atoms with Gasteiger partial charge in [-0.05, 0) is 36.6 Å². The summed E-state index contributed by atoms with van der Waals surface area (Å²) in [6.45, 7) is 2.05. The van der Waals surface area contributed by atoms with Crippen LogP contribution in [0.1, 0.15) is 39.3 Å². The summed E-state index contributed by atoms with van der Waals surface area (Å²) in [7, 11) is 0. The molecule has 0 radical (unpaired) electrons. The number of rotatable bonds is 8. The van der Waals surface area contributed by atoms with Crippen LogP contribution in [-0.4, -0.2) is 50.6 Å². The molecule has 1 amide bonds. The van der Waals surface area contributed by atoms with E-state index in [1.165, 1.54) is 35.2 Å². The maximum absolute atomic E-state index is 12.9. The maximum Gasteiger partial charge on any atom is 0.270 e. The van der Waals surface area contributed by atoms with E-state index >= 15 is 0 Å². The van der Waals surface area contributed by atoms with Crippen molar-refractivity contribution in [3.63, 3.8) is 0 Å². The number of benzene rings is 1. The topological polar surface area (TPSA) is 91.0 Å². The Morgan fingerprint density at radius 3 is 2.73 bits per heavy atom. The van der Waals surface area contributed by atoms with E-state index in [1.54, 1.807) is 29.3 Å². The van der Waals surface area contributed by atoms with Crippen LogP contribution in [0.25, 0.3) is 0 Å². The zero-order chi connectivity index (χ0) is 20.9. The van der Waals surface area contributed by atoms with E-state index in [-0.39, 0.29) is 23.3 Å². The molecule has 0 unspecified atom stereocenters. The number of thioether (sulfide) groups is 1. The van der Waals surface area contributed by atoms with Gasteiger partial charge in [0, 0.05) is 31.4 Å². The van der Waals surface area contributed by atoms with Gasteiger partial charge in [-0.25, -0.2) is 4.39 Å². The third kappa shape index (κ3) is 5.06. The van der Waals surface area contributed by atoms with Crippen LogP contribution in [-0.2, 0) is 6.54 Å². The fourth-order valence-corrected chi connectivity index (χ4v) is 4.74. The normalized spacial score (nSPS) is 13.6. The van der Waals surface area contributed by atoms with Gasteiger partial charge in [-0.2, -0.15) is 0 Å². The number of H-pyrrole nitrogens is 1. The largest absolute Gasteiger partial charge is 0.356 e. The van der Waals surface area contributed by atoms with Crippen molar-refractivity contribution in [3.8, 4) is 0 Å². The minimum atomic E-state index is -0.270. The molecule has 0 spiro atoms. The highest BCUT2D eigenvalue weighted by molar-refractivity contribution is 8.01. The molecule has 0 saturated carbocycles. The third-order valence-corrected chi connectivity index (χ3v) is 6.73. The van der Waals surface area contributed by atoms with Crippen LogP contribution in [0.15, 0.2) is 40.9 Å². The van der Waals surface area contributed by atoms with Gasteiger partial charge in [0.25, 0.3) is 5.91 Å². The molecule has 1 fully saturated rings. The van der Waals surface area contributed by atoms with Crippen molar-refractivity contribution in [2.75, 3.05) is 24.2 Å². The highest BCUT2D eigenvalue weighted by atomic mass is 32.2. The van der Waals surface area contributed by atoms with Crippen molar-refractivity contribution in [1.29, 1.82) is 0 Å². The van der Waals surface area contributed by atoms with E-state index in [0.29, 0.717) is 27.3 Å². The number of ketones is 1. The smallest absolute Gasteiger partial charge is 0.270 e. The average Bonchev–Trinajstić information content (AvgIpc) is 3.53. The van der Waals surface area contributed by atoms with Crippen LogP contribution in [0.5, 0.6) is 0 Å². The molecule has 2 N–H and O–H groups in total. The van der Waals surface area contributed by atoms with Crippen molar-refractivity contribution in [1.82, 2.24) is 20.1 Å². The number of hydrogen-bond donors (Lipinski definition) is 2. The Morgan fingerprint density at radius 2 is 1.97 bits per heavy atom. The second-order valence-electron chi connectivity index (χ2n) is 6.87. The second kappa shape index (κ2) is 9.40. The molecular weight excluding hydrogens is 425 g/mol. The Bertz CT molecular complexity index is 1030. The molecule has 3 aromatic rings. The lowest BCUT2D eigenvalue weighted by Gasteiger charge is -2.13. The molecular formula is C20H20FN5O2S2. The molecule has 156 valence electrons. The van der Waals surface area contributed by atoms with E-state index in [2.05, 4.69) is 20.5 Å². The van der Waals surface area contributed by atoms with Gasteiger partial charge in [0.2, 0.25) is 5.13 Å². The fraction of sp³-hybridized carbons (Fsp3) is 0.300. The predicted octanol–water partition coefficient (Wildman–Crippen LogP) is 3.83. The first-order valence-corrected chi connectivity index (χ1v) is 11.3. The summed E-state index contributed by atoms with van der Waals surface area (Å²) in [5.41, 5.74) is 1.88. The second-order valence-corrected chi connectivity index (χ2v) is 9.07. The number of likely N-dealkylation sites (tertiary alicyclic amines) is 1. The zero-order valence-electron chi connectivity index (χ0n) is 16.1. The number of nitrogens with zero attached hydrogens (tertiary/aromatic N) is 3. The number of carbonyl (C=O) groups excluding carboxylic acids is 2. The van der Waals surface area contributed by atoms with Crippen LogP contribution in [0, 0.1) is 5.82 Å². The highest BCUT2D eigenvalue weighted by Gasteiger charge is 2.22. The lowest BCUT2D eigenvalue weighted by Crippen LogP contribution is -2.27. The molecule has 1 aliphatic rings. The Labute approximate surface area is 181 Å². The highest BCUT2D eigenvalue weighted by Crippen LogP contribution is 2.26. The summed E-state index contributed by atoms with van der Waals surface area (Å²) in [6, 6.07) is 7.86. The van der Waals surface area contributed by atoms with Gasteiger partial charge in [-0.15, -0.1) is 10.2 Å². The molecule has 4 rings (SSSR count). The van der Waals surface area contributed by atoms with Crippen molar-refractivity contribution in [2.45, 2.75) is 23.7 Å². The Balaban J connectivity index is 1.27. The van der Waals surface area contributed by atoms with Crippen LogP contribution in [0.2, 0.25) is 0 Å². The number of anilines is 1. The number of amides is 1. The monoisotopic (exact) mass is 445 g/mol. The summed E-state index contributed by atoms with van der Waals surface area (Å²) in [5.74, 6) is -0.192. The molecule has 0 aliphatic carbocycles. The standard InChI is InChI=1S/C20H20FN5O2S2/c21-15-5-3-13(4-6-15)10-23-19-24-25-20(30-19)29-12-17(27)14-9-16(22-11-14)18(28)26-7-1-2-8-26/h3-6,9,11,22H,1-2,7-8,10,12H2,(H,23,24). The van der Waals surface area contributed by atoms with E-state index in [1.807, 2.05) is 0 Å². The summed E-state index contributed by atoms with van der Waals surface area (Å²) in [4.78, 5) is 29.6. The van der Waals surface area contributed by atoms with E-state index in [4.69, 9.17) is 0 Å². The SMILES string of the molecule is O=C(CSc1nnc(NCc2ccc(F)cc2)s1)c1c[nH]c(C(=O)N2CCCC2)c1.